The molecule has 1 aliphatic rings. The number of para-hydroxylation sites is 1. The lowest BCUT2D eigenvalue weighted by molar-refractivity contribution is -0.122. The number of carbonyl (C=O) groups excluding carboxylic acids is 2. The predicted molar refractivity (Wildman–Crippen MR) is 69.3 cm³/mol. The molecule has 1 aliphatic heterocycles. The van der Waals surface area contributed by atoms with Crippen LogP contribution >= 0.6 is 0 Å². The van der Waals surface area contributed by atoms with E-state index >= 15 is 0 Å². The summed E-state index contributed by atoms with van der Waals surface area (Å²) >= 11 is 0. The SMILES string of the molecule is CNC(=O)CCNC1C(=O)N(C)c2ccccc21. The van der Waals surface area contributed by atoms with Crippen LogP contribution in [0.5, 0.6) is 0 Å². The largest absolute Gasteiger partial charge is 0.359 e. The maximum atomic E-state index is 12.1. The van der Waals surface area contributed by atoms with E-state index < -0.39 is 0 Å². The van der Waals surface area contributed by atoms with Gasteiger partial charge in [-0.1, -0.05) is 18.2 Å². The predicted octanol–water partition coefficient (Wildman–Crippen LogP) is 0.430. The van der Waals surface area contributed by atoms with Crippen molar-refractivity contribution >= 4 is 17.5 Å². The smallest absolute Gasteiger partial charge is 0.248 e. The molecular weight excluding hydrogens is 230 g/mol. The number of rotatable bonds is 4. The lowest BCUT2D eigenvalue weighted by Crippen LogP contribution is -2.34. The summed E-state index contributed by atoms with van der Waals surface area (Å²) in [4.78, 5) is 24.8. The Morgan fingerprint density at radius 2 is 2.11 bits per heavy atom. The van der Waals surface area contributed by atoms with Gasteiger partial charge in [-0.05, 0) is 6.07 Å². The highest BCUT2D eigenvalue weighted by molar-refractivity contribution is 6.04. The number of likely N-dealkylation sites (N-methyl/N-ethyl adjacent to an activating group) is 1. The first-order valence-corrected chi connectivity index (χ1v) is 5.95. The molecule has 0 spiro atoms. The molecule has 1 unspecified atom stereocenters. The monoisotopic (exact) mass is 247 g/mol. The number of carbonyl (C=O) groups is 2. The number of fused-ring (bicyclic) bond motifs is 1. The van der Waals surface area contributed by atoms with Gasteiger partial charge in [-0.25, -0.2) is 0 Å². The van der Waals surface area contributed by atoms with E-state index in [0.29, 0.717) is 13.0 Å². The molecule has 1 heterocycles. The first-order valence-electron chi connectivity index (χ1n) is 5.95. The van der Waals surface area contributed by atoms with E-state index in [1.165, 1.54) is 0 Å². The van der Waals surface area contributed by atoms with Crippen molar-refractivity contribution < 1.29 is 9.59 Å². The molecule has 2 amide bonds. The summed E-state index contributed by atoms with van der Waals surface area (Å²) < 4.78 is 0. The van der Waals surface area contributed by atoms with Gasteiger partial charge in [0.1, 0.15) is 6.04 Å². The summed E-state index contributed by atoms with van der Waals surface area (Å²) in [6.45, 7) is 0.484. The Bertz CT molecular complexity index is 473. The summed E-state index contributed by atoms with van der Waals surface area (Å²) in [6.07, 6.45) is 0.367. The first kappa shape index (κ1) is 12.6. The molecule has 5 heteroatoms. The highest BCUT2D eigenvalue weighted by Gasteiger charge is 2.34. The van der Waals surface area contributed by atoms with Crippen LogP contribution in [0.1, 0.15) is 18.0 Å². The standard InChI is InChI=1S/C13H17N3O2/c1-14-11(17)7-8-15-12-9-5-3-4-6-10(9)16(2)13(12)18/h3-6,12,15H,7-8H2,1-2H3,(H,14,17). The number of hydrogen-bond donors (Lipinski definition) is 2. The Morgan fingerprint density at radius 3 is 2.83 bits per heavy atom. The van der Waals surface area contributed by atoms with Crippen LogP contribution in [0.25, 0.3) is 0 Å². The molecule has 0 aliphatic carbocycles. The van der Waals surface area contributed by atoms with E-state index in [2.05, 4.69) is 10.6 Å². The van der Waals surface area contributed by atoms with Crippen LogP contribution in [0.3, 0.4) is 0 Å². The van der Waals surface area contributed by atoms with Crippen LogP contribution in [-0.2, 0) is 9.59 Å². The van der Waals surface area contributed by atoms with Gasteiger partial charge in [0, 0.05) is 38.3 Å². The van der Waals surface area contributed by atoms with Gasteiger partial charge in [0.05, 0.1) is 0 Å². The summed E-state index contributed by atoms with van der Waals surface area (Å²) in [5.41, 5.74) is 1.90. The van der Waals surface area contributed by atoms with Crippen molar-refractivity contribution in [3.8, 4) is 0 Å². The molecule has 0 aromatic heterocycles. The average Bonchev–Trinajstić information content (AvgIpc) is 2.64. The number of nitrogens with one attached hydrogen (secondary N) is 2. The molecule has 0 saturated carbocycles. The molecule has 1 atom stereocenters. The number of nitrogens with zero attached hydrogens (tertiary/aromatic N) is 1. The first-order chi connectivity index (χ1) is 8.65. The molecule has 0 fully saturated rings. The Kier molecular flexibility index (Phi) is 3.62. The molecule has 2 N–H and O–H groups in total. The Balaban J connectivity index is 2.05. The third-order valence-corrected chi connectivity index (χ3v) is 3.17. The molecule has 96 valence electrons. The van der Waals surface area contributed by atoms with Crippen LogP contribution in [-0.4, -0.2) is 32.5 Å². The van der Waals surface area contributed by atoms with Crippen LogP contribution in [0.4, 0.5) is 5.69 Å². The molecule has 5 nitrogen and oxygen atoms in total. The zero-order valence-corrected chi connectivity index (χ0v) is 10.6. The lowest BCUT2D eigenvalue weighted by atomic mass is 10.1. The maximum Gasteiger partial charge on any atom is 0.248 e. The molecular formula is C13H17N3O2. The van der Waals surface area contributed by atoms with E-state index in [4.69, 9.17) is 0 Å². The Labute approximate surface area is 106 Å². The molecule has 0 radical (unpaired) electrons. The zero-order chi connectivity index (χ0) is 13.1. The van der Waals surface area contributed by atoms with Crippen molar-refractivity contribution in [2.45, 2.75) is 12.5 Å². The molecule has 1 aromatic rings. The van der Waals surface area contributed by atoms with Crippen molar-refractivity contribution in [1.29, 1.82) is 0 Å². The minimum absolute atomic E-state index is 0.0214. The highest BCUT2D eigenvalue weighted by Crippen LogP contribution is 2.34. The summed E-state index contributed by atoms with van der Waals surface area (Å²) in [5, 5.41) is 5.69. The second-order valence-electron chi connectivity index (χ2n) is 4.27. The summed E-state index contributed by atoms with van der Waals surface area (Å²) in [6, 6.07) is 7.35. The van der Waals surface area contributed by atoms with Crippen molar-refractivity contribution in [1.82, 2.24) is 10.6 Å². The van der Waals surface area contributed by atoms with Crippen LogP contribution in [0, 0.1) is 0 Å². The Hall–Kier alpha value is -1.88. The van der Waals surface area contributed by atoms with E-state index in [1.807, 2.05) is 24.3 Å². The molecule has 2 rings (SSSR count). The quantitative estimate of drug-likeness (QED) is 0.811. The molecule has 0 bridgehead atoms. The van der Waals surface area contributed by atoms with Crippen LogP contribution < -0.4 is 15.5 Å². The van der Waals surface area contributed by atoms with Gasteiger partial charge in [-0.15, -0.1) is 0 Å². The number of amides is 2. The van der Waals surface area contributed by atoms with E-state index in [-0.39, 0.29) is 17.9 Å². The van der Waals surface area contributed by atoms with Crippen molar-refractivity contribution in [2.24, 2.45) is 0 Å². The van der Waals surface area contributed by atoms with Gasteiger partial charge >= 0.3 is 0 Å². The third-order valence-electron chi connectivity index (χ3n) is 3.17. The van der Waals surface area contributed by atoms with Gasteiger partial charge in [0.15, 0.2) is 0 Å². The molecule has 18 heavy (non-hydrogen) atoms. The van der Waals surface area contributed by atoms with Crippen molar-refractivity contribution in [3.63, 3.8) is 0 Å². The van der Waals surface area contributed by atoms with Crippen molar-refractivity contribution in [3.05, 3.63) is 29.8 Å². The van der Waals surface area contributed by atoms with Crippen molar-refractivity contribution in [2.75, 3.05) is 25.5 Å². The highest BCUT2D eigenvalue weighted by atomic mass is 16.2. The van der Waals surface area contributed by atoms with Gasteiger partial charge in [0.25, 0.3) is 0 Å². The zero-order valence-electron chi connectivity index (χ0n) is 10.6. The lowest BCUT2D eigenvalue weighted by Gasteiger charge is -2.12. The number of benzene rings is 1. The van der Waals surface area contributed by atoms with Gasteiger partial charge < -0.3 is 15.5 Å². The van der Waals surface area contributed by atoms with Gasteiger partial charge in [0.2, 0.25) is 11.8 Å². The average molecular weight is 247 g/mol. The normalized spacial score (nSPS) is 17.8. The van der Waals surface area contributed by atoms with Gasteiger partial charge in [-0.3, -0.25) is 9.59 Å². The van der Waals surface area contributed by atoms with E-state index in [0.717, 1.165) is 11.3 Å². The van der Waals surface area contributed by atoms with E-state index in [9.17, 15) is 9.59 Å². The fourth-order valence-corrected chi connectivity index (χ4v) is 2.13. The minimum Gasteiger partial charge on any atom is -0.359 e. The minimum atomic E-state index is -0.337. The summed E-state index contributed by atoms with van der Waals surface area (Å²) in [7, 11) is 3.37. The molecule has 1 aromatic carbocycles. The fourth-order valence-electron chi connectivity index (χ4n) is 2.13. The fraction of sp³-hybridized carbons (Fsp3) is 0.385. The number of hydrogen-bond acceptors (Lipinski definition) is 3. The maximum absolute atomic E-state index is 12.1. The van der Waals surface area contributed by atoms with Crippen LogP contribution in [0.2, 0.25) is 0 Å². The van der Waals surface area contributed by atoms with Crippen LogP contribution in [0.15, 0.2) is 24.3 Å². The number of anilines is 1. The van der Waals surface area contributed by atoms with Gasteiger partial charge in [-0.2, -0.15) is 0 Å². The second-order valence-corrected chi connectivity index (χ2v) is 4.27. The molecule has 0 saturated heterocycles. The second kappa shape index (κ2) is 5.18. The Morgan fingerprint density at radius 1 is 1.39 bits per heavy atom. The third kappa shape index (κ3) is 2.22. The summed E-state index contributed by atoms with van der Waals surface area (Å²) in [5.74, 6) is -0.0114. The van der Waals surface area contributed by atoms with E-state index in [1.54, 1.807) is 19.0 Å². The topological polar surface area (TPSA) is 61.4 Å².